The fraction of sp³-hybridized carbons (Fsp3) is 0.455. The molecule has 0 aromatic heterocycles. The van der Waals surface area contributed by atoms with Crippen LogP contribution in [0.5, 0.6) is 5.75 Å². The first-order chi connectivity index (χ1) is 6.01. The Kier molecular flexibility index (Phi) is 3.21. The van der Waals surface area contributed by atoms with Crippen LogP contribution in [0.1, 0.15) is 19.4 Å². The molecule has 0 atom stereocenters. The minimum Gasteiger partial charge on any atom is -0.497 e. The summed E-state index contributed by atoms with van der Waals surface area (Å²) in [6.45, 7) is 4.03. The molecule has 0 heterocycles. The van der Waals surface area contributed by atoms with Gasteiger partial charge >= 0.3 is 0 Å². The summed E-state index contributed by atoms with van der Waals surface area (Å²) in [5, 5.41) is 0. The van der Waals surface area contributed by atoms with Crippen LogP contribution in [0.2, 0.25) is 0 Å². The van der Waals surface area contributed by atoms with E-state index in [9.17, 15) is 0 Å². The van der Waals surface area contributed by atoms with E-state index in [4.69, 9.17) is 16.3 Å². The van der Waals surface area contributed by atoms with Crippen molar-refractivity contribution in [2.24, 2.45) is 0 Å². The number of rotatable bonds is 3. The SMILES string of the molecule is COc1ccc(CC(C)(C)Cl)cc1. The highest BCUT2D eigenvalue weighted by Crippen LogP contribution is 2.21. The van der Waals surface area contributed by atoms with E-state index in [2.05, 4.69) is 0 Å². The maximum Gasteiger partial charge on any atom is 0.118 e. The normalized spacial score (nSPS) is 11.4. The van der Waals surface area contributed by atoms with Crippen LogP contribution in [0.15, 0.2) is 24.3 Å². The molecule has 13 heavy (non-hydrogen) atoms. The molecule has 0 saturated carbocycles. The predicted octanol–water partition coefficient (Wildman–Crippen LogP) is 3.26. The van der Waals surface area contributed by atoms with E-state index in [0.29, 0.717) is 0 Å². The monoisotopic (exact) mass is 198 g/mol. The molecule has 2 heteroatoms. The van der Waals surface area contributed by atoms with E-state index in [0.717, 1.165) is 12.2 Å². The summed E-state index contributed by atoms with van der Waals surface area (Å²) in [7, 11) is 1.67. The molecule has 1 aromatic rings. The number of halogens is 1. The molecule has 0 N–H and O–H groups in total. The lowest BCUT2D eigenvalue weighted by Gasteiger charge is -2.15. The van der Waals surface area contributed by atoms with Gasteiger partial charge in [0.25, 0.3) is 0 Å². The van der Waals surface area contributed by atoms with Crippen molar-refractivity contribution in [2.45, 2.75) is 25.1 Å². The van der Waals surface area contributed by atoms with E-state index >= 15 is 0 Å². The van der Waals surface area contributed by atoms with Gasteiger partial charge in [-0.1, -0.05) is 12.1 Å². The minimum atomic E-state index is -0.172. The fourth-order valence-corrected chi connectivity index (χ4v) is 1.38. The Hall–Kier alpha value is -0.690. The topological polar surface area (TPSA) is 9.23 Å². The largest absolute Gasteiger partial charge is 0.497 e. The van der Waals surface area contributed by atoms with Gasteiger partial charge in [-0.25, -0.2) is 0 Å². The van der Waals surface area contributed by atoms with Crippen LogP contribution in [0, 0.1) is 0 Å². The van der Waals surface area contributed by atoms with Crippen molar-refractivity contribution in [1.82, 2.24) is 0 Å². The van der Waals surface area contributed by atoms with Crippen LogP contribution in [-0.2, 0) is 6.42 Å². The molecule has 0 unspecified atom stereocenters. The maximum absolute atomic E-state index is 6.11. The van der Waals surface area contributed by atoms with Crippen molar-refractivity contribution in [1.29, 1.82) is 0 Å². The van der Waals surface area contributed by atoms with Gasteiger partial charge < -0.3 is 4.74 Å². The standard InChI is InChI=1S/C11H15ClO/c1-11(2,12)8-9-4-6-10(13-3)7-5-9/h4-7H,8H2,1-3H3. The molecule has 0 fully saturated rings. The maximum atomic E-state index is 6.11. The molecule has 0 bridgehead atoms. The Bertz CT molecular complexity index is 258. The van der Waals surface area contributed by atoms with Gasteiger partial charge in [-0.15, -0.1) is 11.6 Å². The fourth-order valence-electron chi connectivity index (χ4n) is 1.23. The molecule has 1 nitrogen and oxygen atoms in total. The third-order valence-corrected chi connectivity index (χ3v) is 1.92. The summed E-state index contributed by atoms with van der Waals surface area (Å²) in [6.07, 6.45) is 0.874. The number of hydrogen-bond acceptors (Lipinski definition) is 1. The van der Waals surface area contributed by atoms with Crippen molar-refractivity contribution in [3.8, 4) is 5.75 Å². The van der Waals surface area contributed by atoms with Crippen molar-refractivity contribution < 1.29 is 4.74 Å². The van der Waals surface area contributed by atoms with Crippen LogP contribution >= 0.6 is 11.6 Å². The van der Waals surface area contributed by atoms with Crippen LogP contribution in [0.3, 0.4) is 0 Å². The first-order valence-corrected chi connectivity index (χ1v) is 4.71. The number of hydrogen-bond donors (Lipinski definition) is 0. The zero-order valence-corrected chi connectivity index (χ0v) is 9.06. The molecule has 1 aromatic carbocycles. The van der Waals surface area contributed by atoms with E-state index in [1.165, 1.54) is 5.56 Å². The van der Waals surface area contributed by atoms with Gasteiger partial charge in [-0.3, -0.25) is 0 Å². The van der Waals surface area contributed by atoms with E-state index in [-0.39, 0.29) is 4.87 Å². The molecule has 0 aliphatic heterocycles. The quantitative estimate of drug-likeness (QED) is 0.678. The average molecular weight is 199 g/mol. The Labute approximate surface area is 84.7 Å². The highest BCUT2D eigenvalue weighted by atomic mass is 35.5. The Morgan fingerprint density at radius 3 is 2.15 bits per heavy atom. The summed E-state index contributed by atoms with van der Waals surface area (Å²) in [4.78, 5) is -0.172. The van der Waals surface area contributed by atoms with Crippen LogP contribution < -0.4 is 4.74 Å². The summed E-state index contributed by atoms with van der Waals surface area (Å²) in [5.41, 5.74) is 1.24. The second-order valence-electron chi connectivity index (χ2n) is 3.74. The highest BCUT2D eigenvalue weighted by molar-refractivity contribution is 6.23. The van der Waals surface area contributed by atoms with Crippen molar-refractivity contribution in [3.05, 3.63) is 29.8 Å². The van der Waals surface area contributed by atoms with Gasteiger partial charge in [0.2, 0.25) is 0 Å². The summed E-state index contributed by atoms with van der Waals surface area (Å²) >= 11 is 6.11. The summed E-state index contributed by atoms with van der Waals surface area (Å²) in [6, 6.07) is 8.00. The average Bonchev–Trinajstić information content (AvgIpc) is 2.03. The van der Waals surface area contributed by atoms with Gasteiger partial charge in [0.1, 0.15) is 5.75 Å². The van der Waals surface area contributed by atoms with Crippen molar-refractivity contribution >= 4 is 11.6 Å². The van der Waals surface area contributed by atoms with E-state index in [1.807, 2.05) is 38.1 Å². The Balaban J connectivity index is 2.70. The predicted molar refractivity (Wildman–Crippen MR) is 56.6 cm³/mol. The second kappa shape index (κ2) is 4.01. The van der Waals surface area contributed by atoms with Crippen LogP contribution in [0.25, 0.3) is 0 Å². The first-order valence-electron chi connectivity index (χ1n) is 4.33. The molecule has 72 valence electrons. The third-order valence-electron chi connectivity index (χ3n) is 1.78. The van der Waals surface area contributed by atoms with Gasteiger partial charge in [0.05, 0.1) is 7.11 Å². The van der Waals surface area contributed by atoms with Gasteiger partial charge in [-0.05, 0) is 38.0 Å². The zero-order chi connectivity index (χ0) is 9.90. The van der Waals surface area contributed by atoms with Crippen LogP contribution in [0.4, 0.5) is 0 Å². The lowest BCUT2D eigenvalue weighted by Crippen LogP contribution is -2.13. The number of ether oxygens (including phenoxy) is 1. The highest BCUT2D eigenvalue weighted by Gasteiger charge is 2.13. The lowest BCUT2D eigenvalue weighted by atomic mass is 10.0. The molecule has 0 saturated heterocycles. The lowest BCUT2D eigenvalue weighted by molar-refractivity contribution is 0.414. The first kappa shape index (κ1) is 10.4. The van der Waals surface area contributed by atoms with Gasteiger partial charge in [0, 0.05) is 4.87 Å². The molecule has 0 amide bonds. The second-order valence-corrected chi connectivity index (χ2v) is 4.77. The minimum absolute atomic E-state index is 0.172. The molecule has 0 aliphatic carbocycles. The zero-order valence-electron chi connectivity index (χ0n) is 8.30. The van der Waals surface area contributed by atoms with Gasteiger partial charge in [0.15, 0.2) is 0 Å². The van der Waals surface area contributed by atoms with Crippen LogP contribution in [-0.4, -0.2) is 12.0 Å². The number of alkyl halides is 1. The van der Waals surface area contributed by atoms with Crippen molar-refractivity contribution in [2.75, 3.05) is 7.11 Å². The number of methoxy groups -OCH3 is 1. The van der Waals surface area contributed by atoms with Gasteiger partial charge in [-0.2, -0.15) is 0 Å². The third kappa shape index (κ3) is 3.69. The molecule has 0 radical (unpaired) electrons. The Morgan fingerprint density at radius 1 is 1.23 bits per heavy atom. The van der Waals surface area contributed by atoms with Crippen molar-refractivity contribution in [3.63, 3.8) is 0 Å². The van der Waals surface area contributed by atoms with E-state index < -0.39 is 0 Å². The number of benzene rings is 1. The molecular weight excluding hydrogens is 184 g/mol. The summed E-state index contributed by atoms with van der Waals surface area (Å²) in [5.74, 6) is 0.885. The molecule has 0 spiro atoms. The molecule has 1 rings (SSSR count). The Morgan fingerprint density at radius 2 is 1.77 bits per heavy atom. The molecular formula is C11H15ClO. The summed E-state index contributed by atoms with van der Waals surface area (Å²) < 4.78 is 5.07. The smallest absolute Gasteiger partial charge is 0.118 e. The molecule has 0 aliphatic rings. The van der Waals surface area contributed by atoms with E-state index in [1.54, 1.807) is 7.11 Å².